The Morgan fingerprint density at radius 2 is 2.00 bits per heavy atom. The van der Waals surface area contributed by atoms with Gasteiger partial charge in [0.25, 0.3) is 0 Å². The highest BCUT2D eigenvalue weighted by molar-refractivity contribution is 9.10. The van der Waals surface area contributed by atoms with Crippen molar-refractivity contribution in [1.29, 1.82) is 0 Å². The molecule has 0 atom stereocenters. The molecule has 7 heteroatoms. The molecule has 2 N–H and O–H groups in total. The van der Waals surface area contributed by atoms with Gasteiger partial charge in [0.15, 0.2) is 0 Å². The minimum absolute atomic E-state index is 0.0830. The van der Waals surface area contributed by atoms with E-state index in [1.54, 1.807) is 0 Å². The van der Waals surface area contributed by atoms with E-state index in [1.807, 2.05) is 25.1 Å². The third kappa shape index (κ3) is 6.34. The van der Waals surface area contributed by atoms with E-state index in [0.717, 1.165) is 15.8 Å². The molecule has 0 heterocycles. The van der Waals surface area contributed by atoms with Crippen LogP contribution in [0.5, 0.6) is 5.75 Å². The number of hydrogen-bond donors (Lipinski definition) is 1. The van der Waals surface area contributed by atoms with Crippen molar-refractivity contribution >= 4 is 26.0 Å². The van der Waals surface area contributed by atoms with E-state index in [0.29, 0.717) is 13.2 Å². The summed E-state index contributed by atoms with van der Waals surface area (Å²) in [4.78, 5) is 0. The van der Waals surface area contributed by atoms with Gasteiger partial charge in [-0.25, -0.2) is 13.6 Å². The van der Waals surface area contributed by atoms with Crippen LogP contribution < -0.4 is 9.88 Å². The van der Waals surface area contributed by atoms with Crippen LogP contribution in [0, 0.1) is 6.92 Å². The predicted molar refractivity (Wildman–Crippen MR) is 73.2 cm³/mol. The van der Waals surface area contributed by atoms with Gasteiger partial charge in [0.2, 0.25) is 10.0 Å². The molecule has 0 aliphatic rings. The lowest BCUT2D eigenvalue weighted by molar-refractivity contribution is 0.111. The maximum atomic E-state index is 10.6. The number of hydrogen-bond acceptors (Lipinski definition) is 4. The number of halogens is 1. The van der Waals surface area contributed by atoms with Gasteiger partial charge in [-0.1, -0.05) is 22.0 Å². The summed E-state index contributed by atoms with van der Waals surface area (Å²) < 4.78 is 32.8. The molecule has 0 radical (unpaired) electrons. The van der Waals surface area contributed by atoms with Crippen molar-refractivity contribution in [3.8, 4) is 5.75 Å². The van der Waals surface area contributed by atoms with Gasteiger partial charge in [0, 0.05) is 4.47 Å². The van der Waals surface area contributed by atoms with Crippen LogP contribution >= 0.6 is 15.9 Å². The Labute approximate surface area is 115 Å². The van der Waals surface area contributed by atoms with Crippen molar-refractivity contribution in [3.63, 3.8) is 0 Å². The molecular formula is C11H16BrNO4S. The number of ether oxygens (including phenoxy) is 2. The molecular weight excluding hydrogens is 322 g/mol. The largest absolute Gasteiger partial charge is 0.491 e. The average Bonchev–Trinajstić information content (AvgIpc) is 2.26. The van der Waals surface area contributed by atoms with Crippen molar-refractivity contribution in [3.05, 3.63) is 28.2 Å². The Balaban J connectivity index is 2.24. The van der Waals surface area contributed by atoms with Gasteiger partial charge in [-0.3, -0.25) is 0 Å². The first kappa shape index (κ1) is 15.4. The molecule has 102 valence electrons. The lowest BCUT2D eigenvalue weighted by atomic mass is 10.2. The summed E-state index contributed by atoms with van der Waals surface area (Å²) in [6.45, 7) is 2.71. The topological polar surface area (TPSA) is 78.6 Å². The molecule has 18 heavy (non-hydrogen) atoms. The molecule has 1 aromatic rings. The highest BCUT2D eigenvalue weighted by Crippen LogP contribution is 2.22. The van der Waals surface area contributed by atoms with E-state index in [9.17, 15) is 8.42 Å². The average molecular weight is 338 g/mol. The first-order chi connectivity index (χ1) is 8.38. The van der Waals surface area contributed by atoms with Gasteiger partial charge < -0.3 is 9.47 Å². The monoisotopic (exact) mass is 337 g/mol. The van der Waals surface area contributed by atoms with Crippen molar-refractivity contribution in [1.82, 2.24) is 0 Å². The zero-order valence-corrected chi connectivity index (χ0v) is 12.5. The van der Waals surface area contributed by atoms with Crippen LogP contribution in [0.2, 0.25) is 0 Å². The third-order valence-electron chi connectivity index (χ3n) is 2.15. The Hall–Kier alpha value is -0.630. The normalized spacial score (nSPS) is 11.5. The van der Waals surface area contributed by atoms with E-state index >= 15 is 0 Å². The van der Waals surface area contributed by atoms with Crippen molar-refractivity contribution in [2.45, 2.75) is 6.92 Å². The minimum atomic E-state index is -3.45. The lowest BCUT2D eigenvalue weighted by Crippen LogP contribution is -2.21. The van der Waals surface area contributed by atoms with Crippen molar-refractivity contribution < 1.29 is 17.9 Å². The smallest absolute Gasteiger partial charge is 0.211 e. The van der Waals surface area contributed by atoms with Crippen molar-refractivity contribution in [2.24, 2.45) is 5.14 Å². The number of sulfonamides is 1. The molecule has 0 saturated heterocycles. The number of benzene rings is 1. The highest BCUT2D eigenvalue weighted by atomic mass is 79.9. The lowest BCUT2D eigenvalue weighted by Gasteiger charge is -2.09. The van der Waals surface area contributed by atoms with Crippen LogP contribution in [0.4, 0.5) is 0 Å². The van der Waals surface area contributed by atoms with Crippen LogP contribution in [-0.2, 0) is 14.8 Å². The van der Waals surface area contributed by atoms with Gasteiger partial charge >= 0.3 is 0 Å². The first-order valence-electron chi connectivity index (χ1n) is 5.35. The fourth-order valence-electron chi connectivity index (χ4n) is 1.22. The van der Waals surface area contributed by atoms with Crippen LogP contribution in [0.1, 0.15) is 5.56 Å². The molecule has 1 rings (SSSR count). The SMILES string of the molecule is Cc1ccc(Br)cc1OCCOCCS(N)(=O)=O. The summed E-state index contributed by atoms with van der Waals surface area (Å²) in [6, 6.07) is 5.76. The van der Waals surface area contributed by atoms with E-state index in [4.69, 9.17) is 14.6 Å². The fraction of sp³-hybridized carbons (Fsp3) is 0.455. The molecule has 0 aromatic heterocycles. The van der Waals surface area contributed by atoms with E-state index in [2.05, 4.69) is 15.9 Å². The van der Waals surface area contributed by atoms with E-state index in [1.165, 1.54) is 0 Å². The van der Waals surface area contributed by atoms with Crippen molar-refractivity contribution in [2.75, 3.05) is 25.6 Å². The molecule has 0 spiro atoms. The standard InChI is InChI=1S/C11H16BrNO4S/c1-9-2-3-10(12)8-11(9)17-5-4-16-6-7-18(13,14)15/h2-3,8H,4-7H2,1H3,(H2,13,14,15). The Bertz CT molecular complexity index is 490. The Kier molecular flexibility index (Phi) is 6.07. The third-order valence-corrected chi connectivity index (χ3v) is 3.38. The molecule has 0 amide bonds. The second kappa shape index (κ2) is 7.08. The van der Waals surface area contributed by atoms with Crippen LogP contribution in [0.25, 0.3) is 0 Å². The second-order valence-electron chi connectivity index (χ2n) is 3.74. The Morgan fingerprint density at radius 1 is 1.28 bits per heavy atom. The highest BCUT2D eigenvalue weighted by Gasteiger charge is 2.03. The van der Waals surface area contributed by atoms with Gasteiger partial charge in [0.05, 0.1) is 19.0 Å². The summed E-state index contributed by atoms with van der Waals surface area (Å²) in [7, 11) is -3.45. The predicted octanol–water partition coefficient (Wildman–Crippen LogP) is 1.44. The number of rotatable bonds is 7. The quantitative estimate of drug-likeness (QED) is 0.763. The van der Waals surface area contributed by atoms with Gasteiger partial charge in [-0.15, -0.1) is 0 Å². The van der Waals surface area contributed by atoms with Gasteiger partial charge in [-0.2, -0.15) is 0 Å². The molecule has 0 saturated carbocycles. The summed E-state index contributed by atoms with van der Waals surface area (Å²) in [5.74, 6) is 0.600. The zero-order chi connectivity index (χ0) is 13.6. The maximum Gasteiger partial charge on any atom is 0.211 e. The first-order valence-corrected chi connectivity index (χ1v) is 7.86. The molecule has 0 unspecified atom stereocenters. The molecule has 0 aliphatic carbocycles. The summed E-state index contributed by atoms with van der Waals surface area (Å²) >= 11 is 3.36. The van der Waals surface area contributed by atoms with Crippen LogP contribution in [-0.4, -0.2) is 34.0 Å². The summed E-state index contributed by atoms with van der Waals surface area (Å²) in [6.07, 6.45) is 0. The minimum Gasteiger partial charge on any atom is -0.491 e. The van der Waals surface area contributed by atoms with E-state index in [-0.39, 0.29) is 12.4 Å². The number of primary sulfonamides is 1. The van der Waals surface area contributed by atoms with Crippen LogP contribution in [0.3, 0.4) is 0 Å². The number of nitrogens with two attached hydrogens (primary N) is 1. The maximum absolute atomic E-state index is 10.6. The van der Waals surface area contributed by atoms with Gasteiger partial charge in [-0.05, 0) is 24.6 Å². The Morgan fingerprint density at radius 3 is 2.67 bits per heavy atom. The molecule has 1 aromatic carbocycles. The van der Waals surface area contributed by atoms with Crippen LogP contribution in [0.15, 0.2) is 22.7 Å². The molecule has 0 bridgehead atoms. The zero-order valence-electron chi connectivity index (χ0n) is 10.1. The van der Waals surface area contributed by atoms with E-state index < -0.39 is 10.0 Å². The second-order valence-corrected chi connectivity index (χ2v) is 6.39. The fourth-order valence-corrected chi connectivity index (χ4v) is 1.91. The summed E-state index contributed by atoms with van der Waals surface area (Å²) in [5, 5.41) is 4.83. The summed E-state index contributed by atoms with van der Waals surface area (Å²) in [5.41, 5.74) is 1.03. The molecule has 5 nitrogen and oxygen atoms in total. The number of aryl methyl sites for hydroxylation is 1. The molecule has 0 fully saturated rings. The molecule has 0 aliphatic heterocycles. The van der Waals surface area contributed by atoms with Gasteiger partial charge in [0.1, 0.15) is 12.4 Å².